The normalized spacial score (nSPS) is 24.1. The summed E-state index contributed by atoms with van der Waals surface area (Å²) in [5, 5.41) is 2.98. The molecule has 0 saturated carbocycles. The second-order valence-electron chi connectivity index (χ2n) is 8.11. The number of aryl methyl sites for hydroxylation is 3. The highest BCUT2D eigenvalue weighted by molar-refractivity contribution is 5.81. The Morgan fingerprint density at radius 2 is 1.93 bits per heavy atom. The fourth-order valence-corrected chi connectivity index (χ4v) is 3.96. The Kier molecular flexibility index (Phi) is 5.52. The highest BCUT2D eigenvalue weighted by atomic mass is 16.6. The monoisotopic (exact) mass is 396 g/mol. The van der Waals surface area contributed by atoms with Gasteiger partial charge in [-0.05, 0) is 32.4 Å². The van der Waals surface area contributed by atoms with Gasteiger partial charge >= 0.3 is 0 Å². The van der Waals surface area contributed by atoms with Crippen LogP contribution in [0.1, 0.15) is 28.9 Å². The summed E-state index contributed by atoms with van der Waals surface area (Å²) in [5.74, 6) is 0.628. The Bertz CT molecular complexity index is 866. The summed E-state index contributed by atoms with van der Waals surface area (Å²) in [6, 6.07) is 10.1. The van der Waals surface area contributed by atoms with E-state index in [1.54, 1.807) is 0 Å². The second-order valence-corrected chi connectivity index (χ2v) is 8.11. The van der Waals surface area contributed by atoms with E-state index in [9.17, 15) is 4.79 Å². The molecule has 0 bridgehead atoms. The maximum absolute atomic E-state index is 12.6. The van der Waals surface area contributed by atoms with E-state index in [2.05, 4.69) is 20.2 Å². The minimum atomic E-state index is -0.499. The lowest BCUT2D eigenvalue weighted by molar-refractivity contribution is -0.130. The SMILES string of the molecule is Cc1ccc(CNC(=O)C2CC3(CO2)CN(c2nc(C)cc(C)n2)CCO3)cc1. The number of anilines is 1. The number of aromatic nitrogens is 2. The number of benzene rings is 1. The Labute approximate surface area is 171 Å². The number of morpholine rings is 1. The number of nitrogens with one attached hydrogen (secondary N) is 1. The molecule has 0 aliphatic carbocycles. The fourth-order valence-electron chi connectivity index (χ4n) is 3.96. The van der Waals surface area contributed by atoms with Crippen LogP contribution in [-0.4, -0.2) is 53.9 Å². The van der Waals surface area contributed by atoms with E-state index in [1.165, 1.54) is 5.56 Å². The number of hydrogen-bond acceptors (Lipinski definition) is 6. The highest BCUT2D eigenvalue weighted by Gasteiger charge is 2.47. The van der Waals surface area contributed by atoms with Crippen molar-refractivity contribution >= 4 is 11.9 Å². The molecule has 1 N–H and O–H groups in total. The number of carbonyl (C=O) groups excluding carboxylic acids is 1. The number of amides is 1. The van der Waals surface area contributed by atoms with Gasteiger partial charge in [-0.3, -0.25) is 4.79 Å². The first-order valence-corrected chi connectivity index (χ1v) is 10.1. The van der Waals surface area contributed by atoms with Gasteiger partial charge in [0.2, 0.25) is 11.9 Å². The van der Waals surface area contributed by atoms with Gasteiger partial charge in [-0.15, -0.1) is 0 Å². The Hall–Kier alpha value is -2.51. The predicted octanol–water partition coefficient (Wildman–Crippen LogP) is 2.08. The van der Waals surface area contributed by atoms with Crippen molar-refractivity contribution in [3.05, 3.63) is 52.8 Å². The van der Waals surface area contributed by atoms with Gasteiger partial charge in [-0.1, -0.05) is 29.8 Å². The maximum atomic E-state index is 12.6. The highest BCUT2D eigenvalue weighted by Crippen LogP contribution is 2.32. The van der Waals surface area contributed by atoms with Crippen LogP contribution in [0.2, 0.25) is 0 Å². The second kappa shape index (κ2) is 8.08. The van der Waals surface area contributed by atoms with Crippen LogP contribution in [-0.2, 0) is 20.8 Å². The molecule has 154 valence electrons. The van der Waals surface area contributed by atoms with E-state index in [0.29, 0.717) is 32.7 Å². The van der Waals surface area contributed by atoms with Gasteiger partial charge in [0.1, 0.15) is 11.7 Å². The Morgan fingerprint density at radius 1 is 1.21 bits per heavy atom. The van der Waals surface area contributed by atoms with Gasteiger partial charge in [0.15, 0.2) is 0 Å². The minimum absolute atomic E-state index is 0.0918. The van der Waals surface area contributed by atoms with E-state index in [1.807, 2.05) is 51.1 Å². The van der Waals surface area contributed by atoms with Crippen molar-refractivity contribution in [2.45, 2.75) is 45.4 Å². The van der Waals surface area contributed by atoms with Gasteiger partial charge in [0, 0.05) is 30.9 Å². The van der Waals surface area contributed by atoms with Crippen LogP contribution >= 0.6 is 0 Å². The number of carbonyl (C=O) groups is 1. The van der Waals surface area contributed by atoms with Crippen LogP contribution in [0, 0.1) is 20.8 Å². The van der Waals surface area contributed by atoms with E-state index >= 15 is 0 Å². The molecule has 1 spiro atoms. The number of ether oxygens (including phenoxy) is 2. The van der Waals surface area contributed by atoms with Crippen LogP contribution in [0.5, 0.6) is 0 Å². The van der Waals surface area contributed by atoms with E-state index < -0.39 is 11.7 Å². The molecule has 29 heavy (non-hydrogen) atoms. The summed E-state index contributed by atoms with van der Waals surface area (Å²) in [6.07, 6.45) is 0.0363. The third-order valence-corrected chi connectivity index (χ3v) is 5.49. The van der Waals surface area contributed by atoms with Gasteiger partial charge in [0.05, 0.1) is 19.8 Å². The molecule has 2 aliphatic heterocycles. The smallest absolute Gasteiger partial charge is 0.249 e. The Balaban J connectivity index is 1.37. The predicted molar refractivity (Wildman–Crippen MR) is 110 cm³/mol. The van der Waals surface area contributed by atoms with Crippen LogP contribution in [0.25, 0.3) is 0 Å². The zero-order chi connectivity index (χ0) is 20.4. The molecular weight excluding hydrogens is 368 g/mol. The topological polar surface area (TPSA) is 76.6 Å². The first-order chi connectivity index (χ1) is 13.9. The molecule has 7 nitrogen and oxygen atoms in total. The summed E-state index contributed by atoms with van der Waals surface area (Å²) in [4.78, 5) is 23.9. The lowest BCUT2D eigenvalue weighted by Crippen LogP contribution is -2.53. The largest absolute Gasteiger partial charge is 0.369 e. The first-order valence-electron chi connectivity index (χ1n) is 10.1. The molecule has 1 aromatic heterocycles. The molecule has 2 fully saturated rings. The zero-order valence-corrected chi connectivity index (χ0v) is 17.3. The average molecular weight is 396 g/mol. The molecule has 2 saturated heterocycles. The third kappa shape index (κ3) is 4.57. The molecule has 1 amide bonds. The van der Waals surface area contributed by atoms with E-state index in [0.717, 1.165) is 29.4 Å². The molecule has 0 radical (unpaired) electrons. The number of hydrogen-bond donors (Lipinski definition) is 1. The number of rotatable bonds is 4. The minimum Gasteiger partial charge on any atom is -0.369 e. The summed E-state index contributed by atoms with van der Waals surface area (Å²) < 4.78 is 11.9. The van der Waals surface area contributed by atoms with Crippen molar-refractivity contribution in [1.82, 2.24) is 15.3 Å². The van der Waals surface area contributed by atoms with Crippen molar-refractivity contribution in [3.63, 3.8) is 0 Å². The summed E-state index contributed by atoms with van der Waals surface area (Å²) in [7, 11) is 0. The molecule has 4 rings (SSSR count). The molecule has 2 aliphatic rings. The third-order valence-electron chi connectivity index (χ3n) is 5.49. The van der Waals surface area contributed by atoms with E-state index in [4.69, 9.17) is 9.47 Å². The van der Waals surface area contributed by atoms with Crippen LogP contribution in [0.4, 0.5) is 5.95 Å². The molecule has 2 unspecified atom stereocenters. The van der Waals surface area contributed by atoms with Gasteiger partial charge in [-0.25, -0.2) is 9.97 Å². The molecular formula is C22H28N4O3. The van der Waals surface area contributed by atoms with Gasteiger partial charge in [-0.2, -0.15) is 0 Å². The van der Waals surface area contributed by atoms with Crippen LogP contribution < -0.4 is 10.2 Å². The fraction of sp³-hybridized carbons (Fsp3) is 0.500. The quantitative estimate of drug-likeness (QED) is 0.853. The van der Waals surface area contributed by atoms with Crippen molar-refractivity contribution < 1.29 is 14.3 Å². The first kappa shape index (κ1) is 19.8. The molecule has 2 atom stereocenters. The van der Waals surface area contributed by atoms with Crippen molar-refractivity contribution in [1.29, 1.82) is 0 Å². The molecule has 2 aromatic rings. The standard InChI is InChI=1S/C22H28N4O3/c1-15-4-6-18(7-5-15)12-23-20(27)19-11-22(14-28-19)13-26(8-9-29-22)21-24-16(2)10-17(3)25-21/h4-7,10,19H,8-9,11-14H2,1-3H3,(H,23,27). The van der Waals surface area contributed by atoms with E-state index in [-0.39, 0.29) is 5.91 Å². The summed E-state index contributed by atoms with van der Waals surface area (Å²) in [6.45, 7) is 8.81. The van der Waals surface area contributed by atoms with Crippen LogP contribution in [0.3, 0.4) is 0 Å². The molecule has 7 heteroatoms. The number of nitrogens with zero attached hydrogens (tertiary/aromatic N) is 3. The summed E-state index contributed by atoms with van der Waals surface area (Å²) in [5.41, 5.74) is 3.68. The Morgan fingerprint density at radius 3 is 2.66 bits per heavy atom. The zero-order valence-electron chi connectivity index (χ0n) is 17.3. The van der Waals surface area contributed by atoms with Crippen molar-refractivity contribution in [3.8, 4) is 0 Å². The van der Waals surface area contributed by atoms with Crippen molar-refractivity contribution in [2.24, 2.45) is 0 Å². The lowest BCUT2D eigenvalue weighted by Gasteiger charge is -2.39. The van der Waals surface area contributed by atoms with Crippen LogP contribution in [0.15, 0.2) is 30.3 Å². The van der Waals surface area contributed by atoms with Gasteiger partial charge < -0.3 is 19.7 Å². The van der Waals surface area contributed by atoms with Crippen molar-refractivity contribution in [2.75, 3.05) is 31.2 Å². The summed E-state index contributed by atoms with van der Waals surface area (Å²) >= 11 is 0. The maximum Gasteiger partial charge on any atom is 0.249 e. The molecule has 1 aromatic carbocycles. The average Bonchev–Trinajstić information content (AvgIpc) is 3.10. The lowest BCUT2D eigenvalue weighted by atomic mass is 9.97. The van der Waals surface area contributed by atoms with Gasteiger partial charge in [0.25, 0.3) is 0 Å². The molecule has 3 heterocycles.